The molecule has 1 heterocycles. The van der Waals surface area contributed by atoms with Crippen molar-refractivity contribution in [3.8, 4) is 0 Å². The number of carbonyl (C=O) groups excluding carboxylic acids is 2. The molecule has 20 heavy (non-hydrogen) atoms. The molecule has 5 nitrogen and oxygen atoms in total. The molecule has 0 spiro atoms. The third-order valence-electron chi connectivity index (χ3n) is 4.60. The molecular weight excluding hydrogens is 256 g/mol. The molecule has 2 N–H and O–H groups in total. The van der Waals surface area contributed by atoms with Gasteiger partial charge in [-0.05, 0) is 31.1 Å². The van der Waals surface area contributed by atoms with Crippen molar-refractivity contribution in [2.75, 3.05) is 7.11 Å². The highest BCUT2D eigenvalue weighted by Gasteiger charge is 2.39. The van der Waals surface area contributed by atoms with Gasteiger partial charge in [-0.15, -0.1) is 0 Å². The zero-order valence-corrected chi connectivity index (χ0v) is 12.6. The third kappa shape index (κ3) is 3.32. The van der Waals surface area contributed by atoms with E-state index in [-0.39, 0.29) is 23.8 Å². The van der Waals surface area contributed by atoms with E-state index >= 15 is 0 Å². The van der Waals surface area contributed by atoms with Gasteiger partial charge < -0.3 is 15.4 Å². The van der Waals surface area contributed by atoms with Crippen molar-refractivity contribution in [1.29, 1.82) is 0 Å². The van der Waals surface area contributed by atoms with Gasteiger partial charge in [0, 0.05) is 6.04 Å². The molecule has 1 aliphatic heterocycles. The van der Waals surface area contributed by atoms with Crippen molar-refractivity contribution in [2.45, 2.75) is 64.1 Å². The van der Waals surface area contributed by atoms with Crippen LogP contribution < -0.4 is 10.6 Å². The van der Waals surface area contributed by atoms with Gasteiger partial charge >= 0.3 is 5.97 Å². The minimum atomic E-state index is -0.558. The summed E-state index contributed by atoms with van der Waals surface area (Å²) in [4.78, 5) is 24.0. The molecule has 0 aromatic heterocycles. The predicted octanol–water partition coefficient (Wildman–Crippen LogP) is 1.22. The normalized spacial score (nSPS) is 30.7. The van der Waals surface area contributed by atoms with Crippen molar-refractivity contribution in [2.24, 2.45) is 11.8 Å². The van der Waals surface area contributed by atoms with Gasteiger partial charge in [-0.3, -0.25) is 4.79 Å². The van der Waals surface area contributed by atoms with Crippen molar-refractivity contribution in [3.63, 3.8) is 0 Å². The summed E-state index contributed by atoms with van der Waals surface area (Å²) in [6, 6.07) is -0.235. The Balaban J connectivity index is 1.92. The van der Waals surface area contributed by atoms with Gasteiger partial charge in [0.1, 0.15) is 6.04 Å². The predicted molar refractivity (Wildman–Crippen MR) is 76.1 cm³/mol. The number of esters is 1. The van der Waals surface area contributed by atoms with E-state index < -0.39 is 6.04 Å². The number of nitrogens with one attached hydrogen (secondary N) is 2. The van der Waals surface area contributed by atoms with Crippen LogP contribution in [0, 0.1) is 11.8 Å². The molecule has 0 aromatic carbocycles. The molecule has 2 fully saturated rings. The summed E-state index contributed by atoms with van der Waals surface area (Å²) in [5.74, 6) is 0.206. The number of hydrogen-bond acceptors (Lipinski definition) is 4. The first-order chi connectivity index (χ1) is 9.52. The molecule has 114 valence electrons. The Morgan fingerprint density at radius 1 is 1.25 bits per heavy atom. The third-order valence-corrected chi connectivity index (χ3v) is 4.60. The maximum absolute atomic E-state index is 12.3. The fourth-order valence-electron chi connectivity index (χ4n) is 3.40. The number of carbonyl (C=O) groups is 2. The second-order valence-corrected chi connectivity index (χ2v) is 6.36. The molecule has 4 unspecified atom stereocenters. The summed E-state index contributed by atoms with van der Waals surface area (Å²) in [5, 5.41) is 6.27. The van der Waals surface area contributed by atoms with Gasteiger partial charge in [0.25, 0.3) is 0 Å². The number of fused-ring (bicyclic) bond motifs is 1. The van der Waals surface area contributed by atoms with E-state index in [1.165, 1.54) is 32.8 Å². The van der Waals surface area contributed by atoms with E-state index in [0.29, 0.717) is 12.0 Å². The lowest BCUT2D eigenvalue weighted by molar-refractivity contribution is -0.146. The van der Waals surface area contributed by atoms with Crippen LogP contribution >= 0.6 is 0 Å². The Hall–Kier alpha value is -1.10. The molecule has 0 aromatic rings. The molecule has 1 aliphatic carbocycles. The molecule has 4 atom stereocenters. The molecule has 1 amide bonds. The van der Waals surface area contributed by atoms with Gasteiger partial charge in [0.15, 0.2) is 0 Å². The van der Waals surface area contributed by atoms with Crippen molar-refractivity contribution in [1.82, 2.24) is 10.6 Å². The lowest BCUT2D eigenvalue weighted by atomic mass is 9.85. The monoisotopic (exact) mass is 282 g/mol. The van der Waals surface area contributed by atoms with E-state index in [1.54, 1.807) is 0 Å². The minimum absolute atomic E-state index is 0.0232. The Morgan fingerprint density at radius 2 is 1.95 bits per heavy atom. The summed E-state index contributed by atoms with van der Waals surface area (Å²) in [7, 11) is 1.35. The second kappa shape index (κ2) is 6.57. The average Bonchev–Trinajstić information content (AvgIpc) is 2.87. The maximum Gasteiger partial charge on any atom is 0.328 e. The van der Waals surface area contributed by atoms with E-state index in [1.807, 2.05) is 13.8 Å². The lowest BCUT2D eigenvalue weighted by Crippen LogP contribution is -2.51. The maximum atomic E-state index is 12.3. The van der Waals surface area contributed by atoms with Crippen LogP contribution in [-0.2, 0) is 14.3 Å². The van der Waals surface area contributed by atoms with Crippen LogP contribution in [0.3, 0.4) is 0 Å². The Bertz CT molecular complexity index is 356. The lowest BCUT2D eigenvalue weighted by Gasteiger charge is -2.24. The quantitative estimate of drug-likeness (QED) is 0.761. The number of rotatable bonds is 4. The molecule has 2 rings (SSSR count). The van der Waals surface area contributed by atoms with Gasteiger partial charge in [-0.2, -0.15) is 0 Å². The average molecular weight is 282 g/mol. The zero-order valence-electron chi connectivity index (χ0n) is 12.6. The summed E-state index contributed by atoms with van der Waals surface area (Å²) in [5.41, 5.74) is 0. The van der Waals surface area contributed by atoms with Crippen molar-refractivity contribution in [3.05, 3.63) is 0 Å². The Kier molecular flexibility index (Phi) is 5.02. The van der Waals surface area contributed by atoms with Crippen LogP contribution in [0.4, 0.5) is 0 Å². The van der Waals surface area contributed by atoms with Gasteiger partial charge in [0.05, 0.1) is 13.2 Å². The van der Waals surface area contributed by atoms with E-state index in [0.717, 1.165) is 6.42 Å². The number of ether oxygens (including phenoxy) is 1. The first kappa shape index (κ1) is 15.3. The first-order valence-corrected chi connectivity index (χ1v) is 7.67. The fraction of sp³-hybridized carbons (Fsp3) is 0.867. The first-order valence-electron chi connectivity index (χ1n) is 7.67. The highest BCUT2D eigenvalue weighted by molar-refractivity contribution is 5.87. The minimum Gasteiger partial charge on any atom is -0.467 e. The van der Waals surface area contributed by atoms with Gasteiger partial charge in [-0.25, -0.2) is 4.79 Å². The molecule has 1 saturated heterocycles. The van der Waals surface area contributed by atoms with E-state index in [2.05, 4.69) is 10.6 Å². The van der Waals surface area contributed by atoms with Crippen molar-refractivity contribution >= 4 is 11.9 Å². The van der Waals surface area contributed by atoms with E-state index in [4.69, 9.17) is 4.74 Å². The Labute approximate surface area is 120 Å². The Morgan fingerprint density at radius 3 is 2.55 bits per heavy atom. The van der Waals surface area contributed by atoms with E-state index in [9.17, 15) is 9.59 Å². The molecule has 5 heteroatoms. The number of methoxy groups -OCH3 is 1. The molecule has 1 saturated carbocycles. The van der Waals surface area contributed by atoms with Crippen LogP contribution in [-0.4, -0.2) is 37.1 Å². The highest BCUT2D eigenvalue weighted by Crippen LogP contribution is 2.33. The summed E-state index contributed by atoms with van der Waals surface area (Å²) >= 11 is 0. The fourth-order valence-corrected chi connectivity index (χ4v) is 3.40. The molecule has 2 aliphatic rings. The highest BCUT2D eigenvalue weighted by atomic mass is 16.5. The van der Waals surface area contributed by atoms with Crippen LogP contribution in [0.25, 0.3) is 0 Å². The van der Waals surface area contributed by atoms with Crippen molar-refractivity contribution < 1.29 is 14.3 Å². The molecular formula is C15H26N2O3. The zero-order chi connectivity index (χ0) is 14.7. The number of hydrogen-bond donors (Lipinski definition) is 2. The standard InChI is InChI=1S/C15H26N2O3/c1-9(2)13(15(19)20-3)17-14(18)12-8-10-6-4-5-7-11(10)16-12/h9-13,16H,4-8H2,1-3H3,(H,17,18). The molecule has 0 bridgehead atoms. The second-order valence-electron chi connectivity index (χ2n) is 6.36. The van der Waals surface area contributed by atoms with Gasteiger partial charge in [0.2, 0.25) is 5.91 Å². The molecule has 0 radical (unpaired) electrons. The van der Waals surface area contributed by atoms with Crippen LogP contribution in [0.15, 0.2) is 0 Å². The van der Waals surface area contributed by atoms with Gasteiger partial charge in [-0.1, -0.05) is 26.7 Å². The van der Waals surface area contributed by atoms with Crippen LogP contribution in [0.1, 0.15) is 46.0 Å². The smallest absolute Gasteiger partial charge is 0.328 e. The summed E-state index contributed by atoms with van der Waals surface area (Å²) in [6.07, 6.45) is 5.79. The summed E-state index contributed by atoms with van der Waals surface area (Å²) in [6.45, 7) is 3.81. The largest absolute Gasteiger partial charge is 0.467 e. The van der Waals surface area contributed by atoms with Crippen LogP contribution in [0.5, 0.6) is 0 Å². The van der Waals surface area contributed by atoms with Crippen LogP contribution in [0.2, 0.25) is 0 Å². The topological polar surface area (TPSA) is 67.4 Å². The summed E-state index contributed by atoms with van der Waals surface area (Å²) < 4.78 is 4.76. The SMILES string of the molecule is COC(=O)C(NC(=O)C1CC2CCCCC2N1)C(C)C. The number of amides is 1.